The molecule has 45 heavy (non-hydrogen) atoms. The Morgan fingerprint density at radius 1 is 1.20 bits per heavy atom. The normalized spacial score (nSPS) is 20.8. The third-order valence-electron chi connectivity index (χ3n) is 8.18. The van der Waals surface area contributed by atoms with Crippen molar-refractivity contribution in [1.82, 2.24) is 9.80 Å². The third-order valence-corrected chi connectivity index (χ3v) is 8.18. The first-order valence-electron chi connectivity index (χ1n) is 16.1. The summed E-state index contributed by atoms with van der Waals surface area (Å²) >= 11 is 0. The first-order chi connectivity index (χ1) is 21.8. The van der Waals surface area contributed by atoms with E-state index in [1.807, 2.05) is 44.4 Å². The lowest BCUT2D eigenvalue weighted by molar-refractivity contribution is -0.142. The predicted molar refractivity (Wildman–Crippen MR) is 185 cm³/mol. The van der Waals surface area contributed by atoms with Crippen molar-refractivity contribution in [3.05, 3.63) is 103 Å². The van der Waals surface area contributed by atoms with Crippen LogP contribution >= 0.6 is 0 Å². The second-order valence-electron chi connectivity index (χ2n) is 11.6. The molecule has 1 aliphatic heterocycles. The quantitative estimate of drug-likeness (QED) is 0.0496. The number of nitriles is 1. The van der Waals surface area contributed by atoms with Crippen molar-refractivity contribution in [3.63, 3.8) is 0 Å². The highest BCUT2D eigenvalue weighted by Gasteiger charge is 2.45. The van der Waals surface area contributed by atoms with Crippen LogP contribution in [0.5, 0.6) is 5.75 Å². The standard InChI is InChI=1S/C38H49N5O2/c1-7-11-20-28-40-35-36(41-30(5)9-3)43(32-22-16-13-14-17-23-32)34(42(35)31(10-4)21-12-8-2)26-27-38(6,29-39)37(44)45-33-24-18-15-19-25-33/h7-8,10,12,15-16,18-19,21-22,24-25,28,32,34H,1-2,9,11,13-14,17,20,23,26-27H2,3-6H3/b21-12-,31-10+,40-28+,41-30+. The highest BCUT2D eigenvalue weighted by atomic mass is 16.5. The van der Waals surface area contributed by atoms with Crippen LogP contribution in [0.3, 0.4) is 0 Å². The molecule has 0 radical (unpaired) electrons. The summed E-state index contributed by atoms with van der Waals surface area (Å²) in [4.78, 5) is 28.3. The smallest absolute Gasteiger partial charge is 0.331 e. The van der Waals surface area contributed by atoms with Crippen LogP contribution in [0.1, 0.15) is 85.5 Å². The van der Waals surface area contributed by atoms with Gasteiger partial charge in [-0.25, -0.2) is 14.8 Å². The summed E-state index contributed by atoms with van der Waals surface area (Å²) in [5.41, 5.74) is 0.574. The zero-order valence-electron chi connectivity index (χ0n) is 27.5. The topological polar surface area (TPSA) is 81.3 Å². The van der Waals surface area contributed by atoms with Crippen LogP contribution in [0.2, 0.25) is 0 Å². The molecule has 0 N–H and O–H groups in total. The molecule has 0 saturated heterocycles. The maximum atomic E-state index is 13.4. The van der Waals surface area contributed by atoms with E-state index in [1.165, 1.54) is 0 Å². The van der Waals surface area contributed by atoms with Crippen LogP contribution in [-0.4, -0.2) is 39.9 Å². The summed E-state index contributed by atoms with van der Waals surface area (Å²) in [5.74, 6) is 1.42. The fourth-order valence-corrected chi connectivity index (χ4v) is 5.41. The molecule has 0 spiro atoms. The van der Waals surface area contributed by atoms with Gasteiger partial charge in [-0.3, -0.25) is 0 Å². The summed E-state index contributed by atoms with van der Waals surface area (Å²) in [6.07, 6.45) is 23.3. The van der Waals surface area contributed by atoms with Gasteiger partial charge in [0.1, 0.15) is 11.9 Å². The molecule has 0 saturated carbocycles. The number of ether oxygens (including phenoxy) is 1. The number of rotatable bonds is 15. The van der Waals surface area contributed by atoms with Crippen molar-refractivity contribution < 1.29 is 9.53 Å². The summed E-state index contributed by atoms with van der Waals surface area (Å²) in [6, 6.07) is 11.3. The van der Waals surface area contributed by atoms with Gasteiger partial charge in [-0.05, 0) is 90.3 Å². The highest BCUT2D eigenvalue weighted by Crippen LogP contribution is 2.42. The average Bonchev–Trinajstić information content (AvgIpc) is 3.18. The van der Waals surface area contributed by atoms with Crippen molar-refractivity contribution in [1.29, 1.82) is 5.26 Å². The Hall–Kier alpha value is -4.44. The number of hydrogen-bond acceptors (Lipinski definition) is 7. The number of nitrogens with zero attached hydrogens (tertiary/aromatic N) is 5. The molecule has 2 aliphatic rings. The monoisotopic (exact) mass is 607 g/mol. The average molecular weight is 608 g/mol. The molecule has 1 aromatic carbocycles. The second kappa shape index (κ2) is 17.8. The Morgan fingerprint density at radius 2 is 1.98 bits per heavy atom. The minimum atomic E-state index is -1.36. The molecule has 0 fully saturated rings. The number of carbonyl (C=O) groups is 1. The van der Waals surface area contributed by atoms with E-state index in [-0.39, 0.29) is 18.6 Å². The number of allylic oxidation sites excluding steroid dienone is 6. The molecular formula is C38H49N5O2. The second-order valence-corrected chi connectivity index (χ2v) is 11.6. The summed E-state index contributed by atoms with van der Waals surface area (Å²) in [7, 11) is 0. The lowest BCUT2D eigenvalue weighted by Gasteiger charge is -2.39. The molecule has 1 aromatic rings. The van der Waals surface area contributed by atoms with E-state index < -0.39 is 11.4 Å². The molecule has 3 atom stereocenters. The van der Waals surface area contributed by atoms with Gasteiger partial charge in [0.25, 0.3) is 0 Å². The fourth-order valence-electron chi connectivity index (χ4n) is 5.41. The maximum Gasteiger partial charge on any atom is 0.331 e. The Morgan fingerprint density at radius 3 is 2.64 bits per heavy atom. The van der Waals surface area contributed by atoms with Crippen molar-refractivity contribution in [2.24, 2.45) is 15.4 Å². The lowest BCUT2D eigenvalue weighted by Crippen LogP contribution is -2.45. The van der Waals surface area contributed by atoms with E-state index in [0.29, 0.717) is 12.2 Å². The number of benzene rings is 1. The molecule has 1 heterocycles. The molecule has 0 bridgehead atoms. The Bertz CT molecular complexity index is 1390. The van der Waals surface area contributed by atoms with Crippen LogP contribution < -0.4 is 4.74 Å². The summed E-state index contributed by atoms with van der Waals surface area (Å²) < 4.78 is 5.68. The molecule has 0 aromatic heterocycles. The Kier molecular flexibility index (Phi) is 13.8. The number of hydrogen-bond donors (Lipinski definition) is 0. The van der Waals surface area contributed by atoms with Gasteiger partial charge in [0.2, 0.25) is 0 Å². The van der Waals surface area contributed by atoms with Crippen molar-refractivity contribution in [3.8, 4) is 11.8 Å². The van der Waals surface area contributed by atoms with Crippen LogP contribution in [-0.2, 0) is 4.79 Å². The summed E-state index contributed by atoms with van der Waals surface area (Å²) in [5, 5.41) is 10.3. The molecule has 7 heteroatoms. The minimum absolute atomic E-state index is 0.0791. The number of aliphatic imine (C=N–C) groups is 2. The van der Waals surface area contributed by atoms with E-state index in [9.17, 15) is 10.1 Å². The van der Waals surface area contributed by atoms with E-state index in [4.69, 9.17) is 14.7 Å². The van der Waals surface area contributed by atoms with Crippen LogP contribution in [0.25, 0.3) is 0 Å². The van der Waals surface area contributed by atoms with Crippen molar-refractivity contribution >= 4 is 17.9 Å². The molecule has 0 amide bonds. The fraction of sp³-hybridized carbons (Fsp3) is 0.421. The molecular weight excluding hydrogens is 558 g/mol. The van der Waals surface area contributed by atoms with Crippen molar-refractivity contribution in [2.75, 3.05) is 0 Å². The summed E-state index contributed by atoms with van der Waals surface area (Å²) in [6.45, 7) is 15.6. The maximum absolute atomic E-state index is 13.4. The largest absolute Gasteiger partial charge is 0.425 e. The van der Waals surface area contributed by atoms with Gasteiger partial charge in [0, 0.05) is 17.6 Å². The van der Waals surface area contributed by atoms with E-state index >= 15 is 0 Å². The van der Waals surface area contributed by atoms with Crippen LogP contribution in [0.15, 0.2) is 113 Å². The van der Waals surface area contributed by atoms with E-state index in [1.54, 1.807) is 37.3 Å². The van der Waals surface area contributed by atoms with Crippen molar-refractivity contribution in [2.45, 2.75) is 97.7 Å². The first kappa shape index (κ1) is 35.0. The third kappa shape index (κ3) is 9.28. The zero-order valence-corrected chi connectivity index (χ0v) is 27.5. The number of para-hydroxylation sites is 1. The minimum Gasteiger partial charge on any atom is -0.425 e. The van der Waals surface area contributed by atoms with Gasteiger partial charge < -0.3 is 14.5 Å². The van der Waals surface area contributed by atoms with E-state index in [0.717, 1.165) is 68.0 Å². The lowest BCUT2D eigenvalue weighted by atomic mass is 9.86. The Labute approximate surface area is 270 Å². The predicted octanol–water partition coefficient (Wildman–Crippen LogP) is 9.03. The zero-order chi connectivity index (χ0) is 32.7. The molecule has 1 aliphatic carbocycles. The molecule has 3 unspecified atom stereocenters. The van der Waals surface area contributed by atoms with Gasteiger partial charge in [0.05, 0.1) is 12.1 Å². The molecule has 238 valence electrons. The van der Waals surface area contributed by atoms with Gasteiger partial charge in [-0.2, -0.15) is 5.26 Å². The molecule has 3 rings (SSSR count). The molecule has 7 nitrogen and oxygen atoms in total. The van der Waals surface area contributed by atoms with Gasteiger partial charge in [-0.1, -0.05) is 74.6 Å². The van der Waals surface area contributed by atoms with Crippen LogP contribution in [0.4, 0.5) is 0 Å². The SMILES string of the molecule is C=C/C=C\C(=C/C)N1C(/N=C/CCC=C)=C(/N=C(\C)CC)N(C2C=CCCCC2)C1CCC(C)(C#N)C(=O)Oc1ccccc1. The van der Waals surface area contributed by atoms with Crippen LogP contribution in [0, 0.1) is 16.7 Å². The van der Waals surface area contributed by atoms with E-state index in [2.05, 4.69) is 54.2 Å². The number of esters is 1. The first-order valence-corrected chi connectivity index (χ1v) is 16.1. The van der Waals surface area contributed by atoms with Gasteiger partial charge >= 0.3 is 5.97 Å². The number of carbonyl (C=O) groups excluding carboxylic acids is 1. The van der Waals surface area contributed by atoms with Gasteiger partial charge in [-0.15, -0.1) is 6.58 Å². The highest BCUT2D eigenvalue weighted by molar-refractivity contribution is 5.83. The Balaban J connectivity index is 2.17. The van der Waals surface area contributed by atoms with Gasteiger partial charge in [0.15, 0.2) is 17.1 Å². The number of unbranched alkanes of at least 4 members (excludes halogenated alkanes) is 1.